The molecule has 0 saturated carbocycles. The molecule has 0 N–H and O–H groups in total. The van der Waals surface area contributed by atoms with Gasteiger partial charge < -0.3 is 18.9 Å². The molecule has 4 atom stereocenters. The van der Waals surface area contributed by atoms with Gasteiger partial charge in [0.25, 0.3) is 0 Å². The smallest absolute Gasteiger partial charge is 0.139 e. The van der Waals surface area contributed by atoms with E-state index in [2.05, 4.69) is 91.8 Å². The van der Waals surface area contributed by atoms with E-state index in [0.717, 1.165) is 70.2 Å². The summed E-state index contributed by atoms with van der Waals surface area (Å²) in [4.78, 5) is 0. The number of benzene rings is 3. The van der Waals surface area contributed by atoms with Crippen molar-refractivity contribution >= 4 is 21.5 Å². The van der Waals surface area contributed by atoms with E-state index in [9.17, 15) is 0 Å². The van der Waals surface area contributed by atoms with Gasteiger partial charge in [-0.15, -0.1) is 0 Å². The third-order valence-electron chi connectivity index (χ3n) is 11.0. The van der Waals surface area contributed by atoms with Gasteiger partial charge in [0.2, 0.25) is 0 Å². The van der Waals surface area contributed by atoms with Crippen LogP contribution in [-0.2, 0) is 0 Å². The molecule has 50 heavy (non-hydrogen) atoms. The molecule has 4 nitrogen and oxygen atoms in total. The van der Waals surface area contributed by atoms with Gasteiger partial charge in [-0.05, 0) is 61.5 Å². The van der Waals surface area contributed by atoms with Crippen molar-refractivity contribution in [2.45, 2.75) is 158 Å². The first-order chi connectivity index (χ1) is 24.5. The number of rotatable bonds is 28. The van der Waals surface area contributed by atoms with Crippen LogP contribution in [0.3, 0.4) is 0 Å². The summed E-state index contributed by atoms with van der Waals surface area (Å²) in [6, 6.07) is 13.0. The third kappa shape index (κ3) is 12.3. The van der Waals surface area contributed by atoms with Crippen LogP contribution in [0, 0.1) is 23.7 Å². The molecule has 0 fully saturated rings. The average Bonchev–Trinajstić information content (AvgIpc) is 3.15. The Balaban J connectivity index is 2.25. The molecule has 0 aliphatic rings. The highest BCUT2D eigenvalue weighted by molar-refractivity contribution is 6.15. The van der Waals surface area contributed by atoms with Crippen LogP contribution >= 0.6 is 0 Å². The zero-order valence-corrected chi connectivity index (χ0v) is 33.5. The summed E-state index contributed by atoms with van der Waals surface area (Å²) in [5.74, 6) is 5.71. The number of hydrogen-bond acceptors (Lipinski definition) is 4. The van der Waals surface area contributed by atoms with Crippen LogP contribution in [0.25, 0.3) is 21.5 Å². The summed E-state index contributed by atoms with van der Waals surface area (Å²) in [7, 11) is 0. The van der Waals surface area contributed by atoms with Crippen molar-refractivity contribution in [3.05, 3.63) is 36.4 Å². The van der Waals surface area contributed by atoms with Gasteiger partial charge in [0.15, 0.2) is 0 Å². The molecule has 0 bridgehead atoms. The standard InChI is InChI=1S/C46H74O4/c1-9-17-23-35(13-5)31-47-41-29-21-27-39-43(41)45(49-33-37(15-7)25-19-11-3)40-28-22-30-42(48-32-36(14-6)24-18-10-2)44(40)46(39)50-34-38(16-8)26-20-12-4/h21-22,27-30,35-38H,9-20,23-26,31-34H2,1-8H3. The summed E-state index contributed by atoms with van der Waals surface area (Å²) in [6.45, 7) is 21.1. The lowest BCUT2D eigenvalue weighted by molar-refractivity contribution is 0.226. The SMILES string of the molecule is CCCCC(CC)COc1cccc2c(OCC(CC)CCCC)c3c(OCC(CC)CCCC)cccc3c(OCC(CC)CCCC)c12. The summed E-state index contributed by atoms with van der Waals surface area (Å²) in [5, 5.41) is 4.21. The Morgan fingerprint density at radius 3 is 0.980 bits per heavy atom. The van der Waals surface area contributed by atoms with E-state index < -0.39 is 0 Å². The van der Waals surface area contributed by atoms with Crippen molar-refractivity contribution in [3.63, 3.8) is 0 Å². The second-order valence-electron chi connectivity index (χ2n) is 14.9. The van der Waals surface area contributed by atoms with Crippen LogP contribution in [0.1, 0.15) is 158 Å². The molecule has 0 amide bonds. The van der Waals surface area contributed by atoms with Gasteiger partial charge in [-0.1, -0.05) is 157 Å². The molecule has 3 rings (SSSR count). The Bertz CT molecular complexity index is 1250. The number of unbranched alkanes of at least 4 members (excludes halogenated alkanes) is 4. The van der Waals surface area contributed by atoms with Gasteiger partial charge in [0, 0.05) is 10.8 Å². The fourth-order valence-electron chi connectivity index (χ4n) is 7.13. The average molecular weight is 691 g/mol. The van der Waals surface area contributed by atoms with Crippen LogP contribution in [0.4, 0.5) is 0 Å². The first kappa shape index (κ1) is 41.8. The second kappa shape index (κ2) is 23.8. The van der Waals surface area contributed by atoms with Gasteiger partial charge in [0.05, 0.1) is 37.2 Å². The van der Waals surface area contributed by atoms with Gasteiger partial charge in [-0.25, -0.2) is 0 Å². The Labute approximate surface area is 307 Å². The molecule has 4 unspecified atom stereocenters. The number of fused-ring (bicyclic) bond motifs is 2. The Morgan fingerprint density at radius 2 is 0.700 bits per heavy atom. The Morgan fingerprint density at radius 1 is 0.400 bits per heavy atom. The number of hydrogen-bond donors (Lipinski definition) is 0. The first-order valence-electron chi connectivity index (χ1n) is 21.0. The van der Waals surface area contributed by atoms with E-state index in [0.29, 0.717) is 50.1 Å². The maximum absolute atomic E-state index is 7.04. The zero-order valence-electron chi connectivity index (χ0n) is 33.5. The van der Waals surface area contributed by atoms with E-state index in [1.807, 2.05) is 0 Å². The van der Waals surface area contributed by atoms with Crippen molar-refractivity contribution in [3.8, 4) is 23.0 Å². The van der Waals surface area contributed by atoms with Gasteiger partial charge in [0.1, 0.15) is 23.0 Å². The fraction of sp³-hybridized carbons (Fsp3) is 0.696. The molecule has 3 aromatic carbocycles. The minimum absolute atomic E-state index is 0.509. The van der Waals surface area contributed by atoms with E-state index in [1.165, 1.54) is 77.0 Å². The van der Waals surface area contributed by atoms with Crippen LogP contribution in [0.5, 0.6) is 23.0 Å². The molecule has 0 aliphatic carbocycles. The largest absolute Gasteiger partial charge is 0.493 e. The molecule has 0 heterocycles. The lowest BCUT2D eigenvalue weighted by atomic mass is 9.97. The molecule has 0 radical (unpaired) electrons. The van der Waals surface area contributed by atoms with E-state index >= 15 is 0 Å². The lowest BCUT2D eigenvalue weighted by Crippen LogP contribution is -2.15. The molecule has 282 valence electrons. The molecule has 0 aliphatic heterocycles. The van der Waals surface area contributed by atoms with E-state index in [-0.39, 0.29) is 0 Å². The summed E-state index contributed by atoms with van der Waals surface area (Å²) >= 11 is 0. The van der Waals surface area contributed by atoms with Gasteiger partial charge >= 0.3 is 0 Å². The first-order valence-corrected chi connectivity index (χ1v) is 21.0. The Kier molecular flexibility index (Phi) is 19.9. The minimum atomic E-state index is 0.509. The highest BCUT2D eigenvalue weighted by atomic mass is 16.5. The molecular weight excluding hydrogens is 617 g/mol. The molecule has 0 spiro atoms. The second-order valence-corrected chi connectivity index (χ2v) is 14.9. The summed E-state index contributed by atoms with van der Waals surface area (Å²) < 4.78 is 27.7. The maximum Gasteiger partial charge on any atom is 0.139 e. The molecule has 0 aromatic heterocycles. The zero-order chi connectivity index (χ0) is 36.1. The fourth-order valence-corrected chi connectivity index (χ4v) is 7.13. The minimum Gasteiger partial charge on any atom is -0.493 e. The monoisotopic (exact) mass is 691 g/mol. The molecular formula is C46H74O4. The van der Waals surface area contributed by atoms with E-state index in [1.54, 1.807) is 0 Å². The summed E-state index contributed by atoms with van der Waals surface area (Å²) in [6.07, 6.45) is 19.0. The number of ether oxygens (including phenoxy) is 4. The molecule has 0 saturated heterocycles. The quantitative estimate of drug-likeness (QED) is 0.0711. The van der Waals surface area contributed by atoms with Crippen LogP contribution in [0.15, 0.2) is 36.4 Å². The van der Waals surface area contributed by atoms with Crippen molar-refractivity contribution < 1.29 is 18.9 Å². The van der Waals surface area contributed by atoms with Crippen LogP contribution in [-0.4, -0.2) is 26.4 Å². The highest BCUT2D eigenvalue weighted by Crippen LogP contribution is 2.50. The highest BCUT2D eigenvalue weighted by Gasteiger charge is 2.25. The van der Waals surface area contributed by atoms with Crippen LogP contribution in [0.2, 0.25) is 0 Å². The third-order valence-corrected chi connectivity index (χ3v) is 11.0. The Hall–Kier alpha value is -2.62. The van der Waals surface area contributed by atoms with Crippen molar-refractivity contribution in [1.29, 1.82) is 0 Å². The normalized spacial score (nSPS) is 14.1. The van der Waals surface area contributed by atoms with Crippen molar-refractivity contribution in [2.75, 3.05) is 26.4 Å². The lowest BCUT2D eigenvalue weighted by Gasteiger charge is -2.25. The van der Waals surface area contributed by atoms with Crippen molar-refractivity contribution in [2.24, 2.45) is 23.7 Å². The molecule has 3 aromatic rings. The summed E-state index contributed by atoms with van der Waals surface area (Å²) in [5.41, 5.74) is 0. The van der Waals surface area contributed by atoms with Gasteiger partial charge in [-0.3, -0.25) is 0 Å². The van der Waals surface area contributed by atoms with Crippen molar-refractivity contribution in [1.82, 2.24) is 0 Å². The topological polar surface area (TPSA) is 36.9 Å². The predicted molar refractivity (Wildman–Crippen MR) is 217 cm³/mol. The molecule has 4 heteroatoms. The van der Waals surface area contributed by atoms with Crippen LogP contribution < -0.4 is 18.9 Å². The predicted octanol–water partition coefficient (Wildman–Crippen LogP) is 14.4. The van der Waals surface area contributed by atoms with Gasteiger partial charge in [-0.2, -0.15) is 0 Å². The van der Waals surface area contributed by atoms with E-state index in [4.69, 9.17) is 18.9 Å². The maximum atomic E-state index is 7.04.